The molecule has 0 saturated carbocycles. The number of nitrogens with one attached hydrogen (secondary N) is 1. The van der Waals surface area contributed by atoms with E-state index in [1.54, 1.807) is 13.0 Å². The molecule has 2 aromatic carbocycles. The SMILES string of the molecule is CCOC(=O)/C=C\c1ccc(NC(=O)N2CCC[C@H]2c2ccc(OCC)cc2)cc1. The molecule has 0 spiro atoms. The number of hydrogen-bond acceptors (Lipinski definition) is 4. The number of anilines is 1. The molecule has 1 saturated heterocycles. The summed E-state index contributed by atoms with van der Waals surface area (Å²) in [5, 5.41) is 2.97. The normalized spacial score (nSPS) is 15.9. The molecule has 1 heterocycles. The van der Waals surface area contributed by atoms with Crippen LogP contribution >= 0.6 is 0 Å². The van der Waals surface area contributed by atoms with Crippen molar-refractivity contribution in [2.75, 3.05) is 25.1 Å². The van der Waals surface area contributed by atoms with Gasteiger partial charge in [-0.2, -0.15) is 0 Å². The number of carbonyl (C=O) groups is 2. The average Bonchev–Trinajstić information content (AvgIpc) is 3.24. The monoisotopic (exact) mass is 408 g/mol. The number of nitrogens with zero attached hydrogens (tertiary/aromatic N) is 1. The van der Waals surface area contributed by atoms with Gasteiger partial charge in [-0.15, -0.1) is 0 Å². The van der Waals surface area contributed by atoms with E-state index in [9.17, 15) is 9.59 Å². The summed E-state index contributed by atoms with van der Waals surface area (Å²) in [6.07, 6.45) is 5.00. The fraction of sp³-hybridized carbons (Fsp3) is 0.333. The Kier molecular flexibility index (Phi) is 7.49. The van der Waals surface area contributed by atoms with Crippen molar-refractivity contribution in [2.45, 2.75) is 32.7 Å². The summed E-state index contributed by atoms with van der Waals surface area (Å²) in [6, 6.07) is 15.3. The Hall–Kier alpha value is -3.28. The van der Waals surface area contributed by atoms with Crippen molar-refractivity contribution in [3.05, 3.63) is 65.7 Å². The largest absolute Gasteiger partial charge is 0.494 e. The van der Waals surface area contributed by atoms with Crippen molar-refractivity contribution in [3.8, 4) is 5.75 Å². The predicted octanol–water partition coefficient (Wildman–Crippen LogP) is 5.03. The molecular formula is C24H28N2O4. The third-order valence-electron chi connectivity index (χ3n) is 4.95. The Morgan fingerprint density at radius 2 is 1.80 bits per heavy atom. The summed E-state index contributed by atoms with van der Waals surface area (Å²) in [7, 11) is 0. The van der Waals surface area contributed by atoms with E-state index in [0.29, 0.717) is 18.9 Å². The van der Waals surface area contributed by atoms with Crippen LogP contribution in [0.2, 0.25) is 0 Å². The molecule has 0 unspecified atom stereocenters. The summed E-state index contributed by atoms with van der Waals surface area (Å²) in [6.45, 7) is 5.44. The molecule has 1 atom stereocenters. The Balaban J connectivity index is 1.61. The van der Waals surface area contributed by atoms with Crippen molar-refractivity contribution >= 4 is 23.8 Å². The molecule has 1 N–H and O–H groups in total. The lowest BCUT2D eigenvalue weighted by Gasteiger charge is -2.25. The zero-order valence-corrected chi connectivity index (χ0v) is 17.5. The van der Waals surface area contributed by atoms with Gasteiger partial charge in [0.05, 0.1) is 19.3 Å². The van der Waals surface area contributed by atoms with Crippen LogP contribution in [0, 0.1) is 0 Å². The van der Waals surface area contributed by atoms with Crippen molar-refractivity contribution in [1.82, 2.24) is 4.90 Å². The summed E-state index contributed by atoms with van der Waals surface area (Å²) >= 11 is 0. The minimum Gasteiger partial charge on any atom is -0.494 e. The minimum atomic E-state index is -0.371. The second kappa shape index (κ2) is 10.5. The van der Waals surface area contributed by atoms with Gasteiger partial charge in [0.1, 0.15) is 5.75 Å². The zero-order valence-electron chi connectivity index (χ0n) is 17.5. The van der Waals surface area contributed by atoms with Gasteiger partial charge in [-0.25, -0.2) is 9.59 Å². The Labute approximate surface area is 177 Å². The zero-order chi connectivity index (χ0) is 21.3. The third kappa shape index (κ3) is 5.63. The number of amides is 2. The van der Waals surface area contributed by atoms with Crippen LogP contribution in [0.4, 0.5) is 10.5 Å². The number of carbonyl (C=O) groups excluding carboxylic acids is 2. The molecule has 0 bridgehead atoms. The fourth-order valence-electron chi connectivity index (χ4n) is 3.54. The quantitative estimate of drug-likeness (QED) is 0.515. The minimum absolute atomic E-state index is 0.0625. The lowest BCUT2D eigenvalue weighted by atomic mass is 10.0. The standard InChI is InChI=1S/C24H28N2O4/c1-3-29-21-14-10-19(11-15-21)22-6-5-17-26(22)24(28)25-20-12-7-18(8-13-20)9-16-23(27)30-4-2/h7-16,22H,3-6,17H2,1-2H3,(H,25,28)/b16-9-/t22-/m0/s1. The summed E-state index contributed by atoms with van der Waals surface area (Å²) in [4.78, 5) is 26.1. The van der Waals surface area contributed by atoms with Crippen molar-refractivity contribution in [1.29, 1.82) is 0 Å². The van der Waals surface area contributed by atoms with E-state index in [1.165, 1.54) is 6.08 Å². The molecule has 30 heavy (non-hydrogen) atoms. The van der Waals surface area contributed by atoms with Crippen LogP contribution < -0.4 is 10.1 Å². The van der Waals surface area contributed by atoms with Gasteiger partial charge in [0.2, 0.25) is 0 Å². The van der Waals surface area contributed by atoms with E-state index >= 15 is 0 Å². The number of rotatable bonds is 7. The molecule has 6 nitrogen and oxygen atoms in total. The van der Waals surface area contributed by atoms with Gasteiger partial charge >= 0.3 is 12.0 Å². The second-order valence-corrected chi connectivity index (χ2v) is 6.99. The number of likely N-dealkylation sites (tertiary alicyclic amines) is 1. The van der Waals surface area contributed by atoms with Gasteiger partial charge in [0, 0.05) is 18.3 Å². The van der Waals surface area contributed by atoms with Crippen molar-refractivity contribution < 1.29 is 19.1 Å². The molecule has 3 rings (SSSR count). The number of esters is 1. The highest BCUT2D eigenvalue weighted by Gasteiger charge is 2.30. The number of urea groups is 1. The molecule has 0 aromatic heterocycles. The highest BCUT2D eigenvalue weighted by Crippen LogP contribution is 2.33. The molecule has 2 amide bonds. The van der Waals surface area contributed by atoms with Crippen LogP contribution in [0.3, 0.4) is 0 Å². The highest BCUT2D eigenvalue weighted by molar-refractivity contribution is 5.90. The summed E-state index contributed by atoms with van der Waals surface area (Å²) in [5.41, 5.74) is 2.69. The van der Waals surface area contributed by atoms with Gasteiger partial charge < -0.3 is 19.7 Å². The molecule has 6 heteroatoms. The first-order chi connectivity index (χ1) is 14.6. The van der Waals surface area contributed by atoms with E-state index in [1.807, 2.05) is 60.4 Å². The van der Waals surface area contributed by atoms with Crippen LogP contribution in [-0.4, -0.2) is 36.7 Å². The Morgan fingerprint density at radius 3 is 2.47 bits per heavy atom. The Morgan fingerprint density at radius 1 is 1.07 bits per heavy atom. The summed E-state index contributed by atoms with van der Waals surface area (Å²) < 4.78 is 10.4. The van der Waals surface area contributed by atoms with Crippen molar-refractivity contribution in [2.24, 2.45) is 0 Å². The first-order valence-corrected chi connectivity index (χ1v) is 10.4. The van der Waals surface area contributed by atoms with E-state index in [4.69, 9.17) is 9.47 Å². The lowest BCUT2D eigenvalue weighted by Crippen LogP contribution is -2.34. The van der Waals surface area contributed by atoms with Gasteiger partial charge in [-0.3, -0.25) is 0 Å². The van der Waals surface area contributed by atoms with Crippen LogP contribution in [0.5, 0.6) is 5.75 Å². The van der Waals surface area contributed by atoms with Gasteiger partial charge in [-0.05, 0) is 68.2 Å². The first kappa shape index (κ1) is 21.4. The van der Waals surface area contributed by atoms with Crippen molar-refractivity contribution in [3.63, 3.8) is 0 Å². The molecule has 0 aliphatic carbocycles. The molecule has 158 valence electrons. The van der Waals surface area contributed by atoms with E-state index in [0.717, 1.165) is 36.3 Å². The molecular weight excluding hydrogens is 380 g/mol. The maximum Gasteiger partial charge on any atom is 0.330 e. The second-order valence-electron chi connectivity index (χ2n) is 6.99. The maximum atomic E-state index is 12.9. The number of hydrogen-bond donors (Lipinski definition) is 1. The van der Waals surface area contributed by atoms with Gasteiger partial charge in [0.15, 0.2) is 0 Å². The molecule has 1 fully saturated rings. The van der Waals surface area contributed by atoms with Crippen LogP contribution in [0.15, 0.2) is 54.6 Å². The Bertz CT molecular complexity index is 875. The molecule has 1 aliphatic rings. The van der Waals surface area contributed by atoms with E-state index in [-0.39, 0.29) is 18.0 Å². The smallest absolute Gasteiger partial charge is 0.330 e. The van der Waals surface area contributed by atoms with E-state index < -0.39 is 0 Å². The predicted molar refractivity (Wildman–Crippen MR) is 117 cm³/mol. The molecule has 1 aliphatic heterocycles. The van der Waals surface area contributed by atoms with Crippen LogP contribution in [0.1, 0.15) is 43.9 Å². The third-order valence-corrected chi connectivity index (χ3v) is 4.95. The van der Waals surface area contributed by atoms with Gasteiger partial charge in [0.25, 0.3) is 0 Å². The highest BCUT2D eigenvalue weighted by atomic mass is 16.5. The lowest BCUT2D eigenvalue weighted by molar-refractivity contribution is -0.137. The average molecular weight is 408 g/mol. The topological polar surface area (TPSA) is 67.9 Å². The van der Waals surface area contributed by atoms with Crippen LogP contribution in [0.25, 0.3) is 6.08 Å². The molecule has 0 radical (unpaired) electrons. The maximum absolute atomic E-state index is 12.9. The summed E-state index contributed by atoms with van der Waals surface area (Å²) in [5.74, 6) is 0.469. The van der Waals surface area contributed by atoms with Gasteiger partial charge in [-0.1, -0.05) is 24.3 Å². The number of ether oxygens (including phenoxy) is 2. The molecule has 2 aromatic rings. The number of benzene rings is 2. The van der Waals surface area contributed by atoms with E-state index in [2.05, 4.69) is 5.32 Å². The first-order valence-electron chi connectivity index (χ1n) is 10.4. The van der Waals surface area contributed by atoms with Crippen LogP contribution in [-0.2, 0) is 9.53 Å². The fourth-order valence-corrected chi connectivity index (χ4v) is 3.54.